The number of nitrogens with zero attached hydrogens (tertiary/aromatic N) is 1. The van der Waals surface area contributed by atoms with Gasteiger partial charge in [0.25, 0.3) is 0 Å². The number of carbonyl (C=O) groups is 1. The van der Waals surface area contributed by atoms with Gasteiger partial charge in [-0.1, -0.05) is 37.6 Å². The summed E-state index contributed by atoms with van der Waals surface area (Å²) in [7, 11) is 1.96. The highest BCUT2D eigenvalue weighted by molar-refractivity contribution is 5.78. The first-order chi connectivity index (χ1) is 9.24. The van der Waals surface area contributed by atoms with Crippen molar-refractivity contribution >= 4 is 5.91 Å². The molecule has 3 nitrogen and oxygen atoms in total. The number of hydrogen-bond donors (Lipinski definition) is 1. The maximum atomic E-state index is 11.7. The number of amides is 1. The van der Waals surface area contributed by atoms with Gasteiger partial charge >= 0.3 is 0 Å². The fourth-order valence-corrected chi connectivity index (χ4v) is 2.69. The van der Waals surface area contributed by atoms with Crippen LogP contribution in [0.5, 0.6) is 0 Å². The van der Waals surface area contributed by atoms with Crippen LogP contribution in [0.2, 0.25) is 0 Å². The van der Waals surface area contributed by atoms with Crippen LogP contribution in [0, 0.1) is 0 Å². The average molecular weight is 260 g/mol. The van der Waals surface area contributed by atoms with Gasteiger partial charge in [-0.2, -0.15) is 0 Å². The largest absolute Gasteiger partial charge is 0.341 e. The van der Waals surface area contributed by atoms with Gasteiger partial charge in [-0.25, -0.2) is 0 Å². The van der Waals surface area contributed by atoms with E-state index in [9.17, 15) is 4.79 Å². The van der Waals surface area contributed by atoms with Crippen molar-refractivity contribution in [3.05, 3.63) is 35.4 Å². The molecule has 19 heavy (non-hydrogen) atoms. The highest BCUT2D eigenvalue weighted by atomic mass is 16.2. The molecule has 104 valence electrons. The number of likely N-dealkylation sites (tertiary alicyclic amines) is 1. The maximum absolute atomic E-state index is 11.7. The molecule has 1 amide bonds. The molecular formula is C16H24N2O. The Morgan fingerprint density at radius 3 is 2.58 bits per heavy atom. The average Bonchev–Trinajstić information content (AvgIpc) is 2.83. The number of hydrogen-bond acceptors (Lipinski definition) is 2. The Bertz CT molecular complexity index is 413. The summed E-state index contributed by atoms with van der Waals surface area (Å²) in [5, 5.41) is 3.32. The second kappa shape index (κ2) is 6.71. The second-order valence-corrected chi connectivity index (χ2v) is 5.28. The minimum atomic E-state index is 0.234. The molecule has 0 aromatic heterocycles. The molecule has 1 aliphatic rings. The lowest BCUT2D eigenvalue weighted by atomic mass is 10.0. The molecule has 0 bridgehead atoms. The van der Waals surface area contributed by atoms with Gasteiger partial charge in [-0.15, -0.1) is 0 Å². The minimum absolute atomic E-state index is 0.234. The molecule has 1 N–H and O–H groups in total. The van der Waals surface area contributed by atoms with E-state index in [-0.39, 0.29) is 6.04 Å². The maximum Gasteiger partial charge on any atom is 0.222 e. The topological polar surface area (TPSA) is 32.3 Å². The first kappa shape index (κ1) is 14.1. The van der Waals surface area contributed by atoms with Crippen molar-refractivity contribution in [1.29, 1.82) is 0 Å². The second-order valence-electron chi connectivity index (χ2n) is 5.28. The van der Waals surface area contributed by atoms with Crippen molar-refractivity contribution in [3.8, 4) is 0 Å². The van der Waals surface area contributed by atoms with Crippen LogP contribution in [-0.4, -0.2) is 30.9 Å². The Kier molecular flexibility index (Phi) is 4.97. The van der Waals surface area contributed by atoms with Crippen LogP contribution < -0.4 is 5.32 Å². The smallest absolute Gasteiger partial charge is 0.222 e. The van der Waals surface area contributed by atoms with E-state index in [2.05, 4.69) is 36.5 Å². The molecule has 3 heteroatoms. The summed E-state index contributed by atoms with van der Waals surface area (Å²) in [4.78, 5) is 13.7. The zero-order chi connectivity index (χ0) is 13.7. The van der Waals surface area contributed by atoms with Crippen molar-refractivity contribution in [1.82, 2.24) is 10.2 Å². The first-order valence-electron chi connectivity index (χ1n) is 7.28. The zero-order valence-electron chi connectivity index (χ0n) is 12.0. The lowest BCUT2D eigenvalue weighted by Crippen LogP contribution is -2.34. The van der Waals surface area contributed by atoms with E-state index >= 15 is 0 Å². The van der Waals surface area contributed by atoms with E-state index in [4.69, 9.17) is 0 Å². The molecule has 1 atom stereocenters. The third kappa shape index (κ3) is 3.57. The van der Waals surface area contributed by atoms with E-state index in [0.717, 1.165) is 25.9 Å². The predicted molar refractivity (Wildman–Crippen MR) is 78.1 cm³/mol. The third-order valence-electron chi connectivity index (χ3n) is 3.84. The van der Waals surface area contributed by atoms with Gasteiger partial charge in [0, 0.05) is 25.6 Å². The Morgan fingerprint density at radius 1 is 1.32 bits per heavy atom. The number of likely N-dealkylation sites (N-methyl/N-ethyl adjacent to an activating group) is 1. The van der Waals surface area contributed by atoms with Crippen LogP contribution >= 0.6 is 0 Å². The van der Waals surface area contributed by atoms with Gasteiger partial charge in [0.1, 0.15) is 0 Å². The monoisotopic (exact) mass is 260 g/mol. The number of benzene rings is 1. The fraction of sp³-hybridized carbons (Fsp3) is 0.562. The lowest BCUT2D eigenvalue weighted by molar-refractivity contribution is -0.128. The van der Waals surface area contributed by atoms with Gasteiger partial charge in [0.05, 0.1) is 0 Å². The fourth-order valence-electron chi connectivity index (χ4n) is 2.69. The first-order valence-corrected chi connectivity index (χ1v) is 7.28. The van der Waals surface area contributed by atoms with Crippen molar-refractivity contribution in [2.24, 2.45) is 0 Å². The van der Waals surface area contributed by atoms with Crippen LogP contribution in [0.1, 0.15) is 43.4 Å². The quantitative estimate of drug-likeness (QED) is 0.852. The molecular weight excluding hydrogens is 236 g/mol. The normalized spacial score (nSPS) is 16.9. The minimum Gasteiger partial charge on any atom is -0.341 e. The summed E-state index contributed by atoms with van der Waals surface area (Å²) in [5.74, 6) is 0.294. The molecule has 1 aliphatic heterocycles. The highest BCUT2D eigenvalue weighted by Gasteiger charge is 2.23. The summed E-state index contributed by atoms with van der Waals surface area (Å²) in [6.45, 7) is 3.89. The molecule has 1 unspecified atom stereocenters. The van der Waals surface area contributed by atoms with Crippen molar-refractivity contribution in [3.63, 3.8) is 0 Å². The van der Waals surface area contributed by atoms with E-state index in [0.29, 0.717) is 12.3 Å². The van der Waals surface area contributed by atoms with Crippen LogP contribution in [0.15, 0.2) is 24.3 Å². The number of rotatable bonds is 6. The SMILES string of the molecule is CCCc1ccc(C(CN2CCCC2=O)NC)cc1. The van der Waals surface area contributed by atoms with Gasteiger partial charge in [0.2, 0.25) is 5.91 Å². The number of carbonyl (C=O) groups excluding carboxylic acids is 1. The molecule has 0 saturated carbocycles. The molecule has 0 radical (unpaired) electrons. The molecule has 0 spiro atoms. The molecule has 2 rings (SSSR count). The summed E-state index contributed by atoms with van der Waals surface area (Å²) in [6.07, 6.45) is 4.03. The molecule has 1 saturated heterocycles. The number of aryl methyl sites for hydroxylation is 1. The molecule has 1 heterocycles. The summed E-state index contributed by atoms with van der Waals surface area (Å²) in [6, 6.07) is 9.02. The van der Waals surface area contributed by atoms with Crippen molar-refractivity contribution in [2.45, 2.75) is 38.6 Å². The summed E-state index contributed by atoms with van der Waals surface area (Å²) >= 11 is 0. The Morgan fingerprint density at radius 2 is 2.05 bits per heavy atom. The third-order valence-corrected chi connectivity index (χ3v) is 3.84. The highest BCUT2D eigenvalue weighted by Crippen LogP contribution is 2.19. The lowest BCUT2D eigenvalue weighted by Gasteiger charge is -2.24. The van der Waals surface area contributed by atoms with E-state index in [1.807, 2.05) is 11.9 Å². The number of nitrogens with one attached hydrogen (secondary N) is 1. The van der Waals surface area contributed by atoms with Crippen molar-refractivity contribution in [2.75, 3.05) is 20.1 Å². The van der Waals surface area contributed by atoms with Crippen LogP contribution in [0.4, 0.5) is 0 Å². The van der Waals surface area contributed by atoms with Gasteiger partial charge in [-0.3, -0.25) is 4.79 Å². The van der Waals surface area contributed by atoms with Gasteiger partial charge < -0.3 is 10.2 Å². The van der Waals surface area contributed by atoms with E-state index in [1.165, 1.54) is 17.5 Å². The predicted octanol–water partition coefficient (Wildman–Crippen LogP) is 2.52. The Labute approximate surface area is 116 Å². The van der Waals surface area contributed by atoms with Crippen LogP contribution in [0.25, 0.3) is 0 Å². The van der Waals surface area contributed by atoms with Crippen LogP contribution in [-0.2, 0) is 11.2 Å². The molecule has 1 fully saturated rings. The van der Waals surface area contributed by atoms with Gasteiger partial charge in [0.15, 0.2) is 0 Å². The molecule has 1 aromatic carbocycles. The Hall–Kier alpha value is -1.35. The van der Waals surface area contributed by atoms with Crippen LogP contribution in [0.3, 0.4) is 0 Å². The van der Waals surface area contributed by atoms with Crippen molar-refractivity contribution < 1.29 is 4.79 Å². The molecule has 0 aliphatic carbocycles. The van der Waals surface area contributed by atoms with E-state index < -0.39 is 0 Å². The summed E-state index contributed by atoms with van der Waals surface area (Å²) in [5.41, 5.74) is 2.65. The standard InChI is InChI=1S/C16H24N2O/c1-3-5-13-7-9-14(10-8-13)15(17-2)12-18-11-4-6-16(18)19/h7-10,15,17H,3-6,11-12H2,1-2H3. The molecule has 1 aromatic rings. The zero-order valence-corrected chi connectivity index (χ0v) is 12.0. The Balaban J connectivity index is 2.02. The van der Waals surface area contributed by atoms with E-state index in [1.54, 1.807) is 0 Å². The summed E-state index contributed by atoms with van der Waals surface area (Å²) < 4.78 is 0. The van der Waals surface area contributed by atoms with Gasteiger partial charge in [-0.05, 0) is 31.0 Å².